The number of fused-ring (bicyclic) bond motifs is 1. The second-order valence-corrected chi connectivity index (χ2v) is 9.36. The standard InChI is InChI=1S/C28H34N2O6/c1-18(2)36-28(32)35-17-34-27(31)21-10-8-20(9-11-21)24-7-5-6-14-30(24)16-23-22-12-13-29-26(22)19(3)15-25(23)33-4/h8-13,15,18,24,29H,5-7,14,16-17H2,1-4H3. The predicted molar refractivity (Wildman–Crippen MR) is 136 cm³/mol. The highest BCUT2D eigenvalue weighted by Crippen LogP contribution is 2.37. The van der Waals surface area contributed by atoms with Gasteiger partial charge in [0.15, 0.2) is 0 Å². The number of hydrogen-bond acceptors (Lipinski definition) is 7. The van der Waals surface area contributed by atoms with E-state index in [2.05, 4.69) is 28.9 Å². The van der Waals surface area contributed by atoms with Crippen LogP contribution in [0.1, 0.15) is 66.2 Å². The average Bonchev–Trinajstić information content (AvgIpc) is 3.36. The smallest absolute Gasteiger partial charge is 0.496 e. The molecular weight excluding hydrogens is 460 g/mol. The van der Waals surface area contributed by atoms with E-state index in [0.717, 1.165) is 54.7 Å². The number of ether oxygens (including phenoxy) is 4. The SMILES string of the molecule is COc1cc(C)c2[nH]ccc2c1CN1CCCCC1c1ccc(C(=O)OCOC(=O)OC(C)C)cc1. The van der Waals surface area contributed by atoms with Gasteiger partial charge in [0.1, 0.15) is 5.75 Å². The Kier molecular flexibility index (Phi) is 8.15. The van der Waals surface area contributed by atoms with Crippen LogP contribution < -0.4 is 4.74 Å². The van der Waals surface area contributed by atoms with Crippen molar-refractivity contribution in [3.8, 4) is 5.75 Å². The second kappa shape index (κ2) is 11.5. The van der Waals surface area contributed by atoms with Crippen molar-refractivity contribution in [3.05, 3.63) is 64.8 Å². The highest BCUT2D eigenvalue weighted by Gasteiger charge is 2.26. The number of H-pyrrole nitrogens is 1. The molecule has 1 fully saturated rings. The van der Waals surface area contributed by atoms with E-state index in [1.165, 1.54) is 10.9 Å². The highest BCUT2D eigenvalue weighted by molar-refractivity contribution is 5.89. The molecule has 8 nitrogen and oxygen atoms in total. The molecule has 2 aromatic carbocycles. The van der Waals surface area contributed by atoms with Gasteiger partial charge in [-0.25, -0.2) is 9.59 Å². The van der Waals surface area contributed by atoms with E-state index >= 15 is 0 Å². The quantitative estimate of drug-likeness (QED) is 0.308. The third-order valence-corrected chi connectivity index (χ3v) is 6.54. The van der Waals surface area contributed by atoms with Gasteiger partial charge in [-0.2, -0.15) is 0 Å². The van der Waals surface area contributed by atoms with E-state index < -0.39 is 18.9 Å². The normalized spacial score (nSPS) is 16.2. The summed E-state index contributed by atoms with van der Waals surface area (Å²) in [5.41, 5.74) is 5.04. The zero-order valence-electron chi connectivity index (χ0n) is 21.3. The minimum Gasteiger partial charge on any atom is -0.496 e. The first-order chi connectivity index (χ1) is 17.4. The highest BCUT2D eigenvalue weighted by atomic mass is 16.8. The molecule has 1 N–H and O–H groups in total. The maximum atomic E-state index is 12.4. The Labute approximate surface area is 211 Å². The summed E-state index contributed by atoms with van der Waals surface area (Å²) >= 11 is 0. The van der Waals surface area contributed by atoms with Crippen LogP contribution in [-0.4, -0.2) is 48.6 Å². The summed E-state index contributed by atoms with van der Waals surface area (Å²) in [5, 5.41) is 1.19. The maximum Gasteiger partial charge on any atom is 0.511 e. The predicted octanol–water partition coefficient (Wildman–Crippen LogP) is 5.89. The van der Waals surface area contributed by atoms with Gasteiger partial charge in [-0.3, -0.25) is 4.90 Å². The first kappa shape index (κ1) is 25.6. The van der Waals surface area contributed by atoms with E-state index in [1.807, 2.05) is 18.3 Å². The van der Waals surface area contributed by atoms with Gasteiger partial charge in [-0.05, 0) is 75.5 Å². The number of aromatic nitrogens is 1. The maximum absolute atomic E-state index is 12.4. The van der Waals surface area contributed by atoms with Crippen molar-refractivity contribution < 1.29 is 28.5 Å². The summed E-state index contributed by atoms with van der Waals surface area (Å²) in [7, 11) is 1.72. The molecule has 4 rings (SSSR count). The summed E-state index contributed by atoms with van der Waals surface area (Å²) in [4.78, 5) is 29.6. The zero-order chi connectivity index (χ0) is 25.7. The van der Waals surface area contributed by atoms with Gasteiger partial charge in [0.05, 0.1) is 18.8 Å². The molecule has 1 atom stereocenters. The largest absolute Gasteiger partial charge is 0.511 e. The van der Waals surface area contributed by atoms with Crippen molar-refractivity contribution in [2.75, 3.05) is 20.4 Å². The molecule has 0 saturated carbocycles. The first-order valence-electron chi connectivity index (χ1n) is 12.4. The van der Waals surface area contributed by atoms with E-state index in [0.29, 0.717) is 5.56 Å². The Balaban J connectivity index is 1.45. The summed E-state index contributed by atoms with van der Waals surface area (Å²) in [5.74, 6) is 0.347. The molecule has 192 valence electrons. The second-order valence-electron chi connectivity index (χ2n) is 9.36. The van der Waals surface area contributed by atoms with Crippen LogP contribution in [0, 0.1) is 6.92 Å². The number of likely N-dealkylation sites (tertiary alicyclic amines) is 1. The van der Waals surface area contributed by atoms with Gasteiger partial charge in [0.25, 0.3) is 0 Å². The Bertz CT molecular complexity index is 1200. The fraction of sp³-hybridized carbons (Fsp3) is 0.429. The van der Waals surface area contributed by atoms with Crippen molar-refractivity contribution in [3.63, 3.8) is 0 Å². The number of nitrogens with zero attached hydrogens (tertiary/aromatic N) is 1. The Hall–Kier alpha value is -3.52. The lowest BCUT2D eigenvalue weighted by Crippen LogP contribution is -2.33. The van der Waals surface area contributed by atoms with Gasteiger partial charge in [-0.15, -0.1) is 0 Å². The molecule has 1 aliphatic heterocycles. The first-order valence-corrected chi connectivity index (χ1v) is 12.4. The topological polar surface area (TPSA) is 90.1 Å². The molecule has 36 heavy (non-hydrogen) atoms. The van der Waals surface area contributed by atoms with Crippen LogP contribution >= 0.6 is 0 Å². The molecule has 0 bridgehead atoms. The molecule has 1 aliphatic rings. The molecule has 8 heteroatoms. The Morgan fingerprint density at radius 2 is 1.89 bits per heavy atom. The van der Waals surface area contributed by atoms with Crippen molar-refractivity contribution in [1.82, 2.24) is 9.88 Å². The molecule has 0 aliphatic carbocycles. The Morgan fingerprint density at radius 3 is 2.61 bits per heavy atom. The lowest BCUT2D eigenvalue weighted by molar-refractivity contribution is -0.0344. The third-order valence-electron chi connectivity index (χ3n) is 6.54. The molecule has 0 spiro atoms. The summed E-state index contributed by atoms with van der Waals surface area (Å²) in [6, 6.07) is 11.9. The number of aromatic amines is 1. The number of carbonyl (C=O) groups excluding carboxylic acids is 2. The Morgan fingerprint density at radius 1 is 1.11 bits per heavy atom. The molecule has 0 radical (unpaired) electrons. The zero-order valence-corrected chi connectivity index (χ0v) is 21.3. The molecule has 1 unspecified atom stereocenters. The number of methoxy groups -OCH3 is 1. The minimum atomic E-state index is -0.868. The number of rotatable bonds is 8. The van der Waals surface area contributed by atoms with Gasteiger partial charge < -0.3 is 23.9 Å². The van der Waals surface area contributed by atoms with Gasteiger partial charge >= 0.3 is 12.1 Å². The van der Waals surface area contributed by atoms with Gasteiger partial charge in [-0.1, -0.05) is 18.6 Å². The third kappa shape index (κ3) is 5.82. The van der Waals surface area contributed by atoms with Crippen LogP contribution in [0.3, 0.4) is 0 Å². The van der Waals surface area contributed by atoms with E-state index in [9.17, 15) is 9.59 Å². The number of esters is 1. The monoisotopic (exact) mass is 494 g/mol. The summed E-state index contributed by atoms with van der Waals surface area (Å²) < 4.78 is 20.4. The number of hydrogen-bond donors (Lipinski definition) is 1. The molecule has 2 heterocycles. The van der Waals surface area contributed by atoms with E-state index in [1.54, 1.807) is 33.1 Å². The molecular formula is C28H34N2O6. The van der Waals surface area contributed by atoms with E-state index in [-0.39, 0.29) is 12.1 Å². The van der Waals surface area contributed by atoms with Crippen molar-refractivity contribution >= 4 is 23.0 Å². The van der Waals surface area contributed by atoms with E-state index in [4.69, 9.17) is 18.9 Å². The average molecular weight is 495 g/mol. The molecule has 0 amide bonds. The number of benzene rings is 2. The van der Waals surface area contributed by atoms with Crippen LogP contribution in [0.5, 0.6) is 5.75 Å². The van der Waals surface area contributed by atoms with Gasteiger partial charge in [0, 0.05) is 35.2 Å². The fourth-order valence-corrected chi connectivity index (χ4v) is 4.82. The number of carbonyl (C=O) groups is 2. The summed E-state index contributed by atoms with van der Waals surface area (Å²) in [6.07, 6.45) is 4.14. The van der Waals surface area contributed by atoms with Crippen molar-refractivity contribution in [1.29, 1.82) is 0 Å². The molecule has 1 saturated heterocycles. The van der Waals surface area contributed by atoms with Crippen LogP contribution in [0.15, 0.2) is 42.6 Å². The van der Waals surface area contributed by atoms with Crippen molar-refractivity contribution in [2.45, 2.75) is 58.7 Å². The minimum absolute atomic E-state index is 0.234. The summed E-state index contributed by atoms with van der Waals surface area (Å²) in [6.45, 7) is 6.78. The molecule has 3 aromatic rings. The number of piperidine rings is 1. The van der Waals surface area contributed by atoms with Crippen LogP contribution in [0.25, 0.3) is 10.9 Å². The lowest BCUT2D eigenvalue weighted by atomic mass is 9.93. The molecule has 1 aromatic heterocycles. The van der Waals surface area contributed by atoms with Crippen LogP contribution in [0.4, 0.5) is 4.79 Å². The fourth-order valence-electron chi connectivity index (χ4n) is 4.82. The lowest BCUT2D eigenvalue weighted by Gasteiger charge is -2.36. The van der Waals surface area contributed by atoms with Crippen LogP contribution in [0.2, 0.25) is 0 Å². The number of aryl methyl sites for hydroxylation is 1. The van der Waals surface area contributed by atoms with Crippen LogP contribution in [-0.2, 0) is 20.8 Å². The number of nitrogens with one attached hydrogen (secondary N) is 1. The van der Waals surface area contributed by atoms with Crippen molar-refractivity contribution in [2.24, 2.45) is 0 Å². The van der Waals surface area contributed by atoms with Gasteiger partial charge in [0.2, 0.25) is 6.79 Å².